The molecule has 1 aliphatic rings. The van der Waals surface area contributed by atoms with Crippen LogP contribution in [0.4, 0.5) is 5.69 Å². The molecule has 1 fully saturated rings. The third-order valence-corrected chi connectivity index (χ3v) is 5.99. The normalized spacial score (nSPS) is 13.9. The largest absolute Gasteiger partial charge is 0.478 e. The zero-order valence-corrected chi connectivity index (χ0v) is 18.2. The van der Waals surface area contributed by atoms with E-state index in [1.54, 1.807) is 24.3 Å². The van der Waals surface area contributed by atoms with Gasteiger partial charge in [0.2, 0.25) is 0 Å². The minimum atomic E-state index is -1.01. The third-order valence-electron chi connectivity index (χ3n) is 5.99. The van der Waals surface area contributed by atoms with Crippen LogP contribution in [0, 0.1) is 6.92 Å². The molecule has 7 heteroatoms. The molecular formula is C26H23N3O4. The van der Waals surface area contributed by atoms with E-state index in [9.17, 15) is 14.7 Å². The van der Waals surface area contributed by atoms with Crippen molar-refractivity contribution in [2.75, 3.05) is 31.2 Å². The van der Waals surface area contributed by atoms with Crippen molar-refractivity contribution in [3.8, 4) is 16.9 Å². The van der Waals surface area contributed by atoms with E-state index in [1.165, 1.54) is 4.68 Å². The molecule has 0 unspecified atom stereocenters. The van der Waals surface area contributed by atoms with Crippen LogP contribution in [0.15, 0.2) is 71.5 Å². The number of hydrogen-bond acceptors (Lipinski definition) is 5. The van der Waals surface area contributed by atoms with E-state index in [0.717, 1.165) is 24.3 Å². The Labute approximate surface area is 190 Å². The summed E-state index contributed by atoms with van der Waals surface area (Å²) in [7, 11) is 0. The van der Waals surface area contributed by atoms with Crippen molar-refractivity contribution < 1.29 is 14.6 Å². The van der Waals surface area contributed by atoms with Gasteiger partial charge in [-0.3, -0.25) is 4.79 Å². The molecule has 1 saturated heterocycles. The summed E-state index contributed by atoms with van der Waals surface area (Å²) in [6, 6.07) is 20.0. The first-order valence-electron chi connectivity index (χ1n) is 10.8. The molecule has 1 N–H and O–H groups in total. The molecule has 7 nitrogen and oxygen atoms in total. The van der Waals surface area contributed by atoms with E-state index >= 15 is 0 Å². The molecule has 0 radical (unpaired) electrons. The van der Waals surface area contributed by atoms with Crippen LogP contribution in [0.5, 0.6) is 0 Å². The maximum absolute atomic E-state index is 13.5. The predicted octanol–water partition coefficient (Wildman–Crippen LogP) is 3.90. The SMILES string of the molecule is Cc1ccc(N2CCOCC2)cc1-n1nc(-c2cccc(C(=O)O)c2)c2ccccc2c1=O. The van der Waals surface area contributed by atoms with E-state index in [-0.39, 0.29) is 11.1 Å². The average Bonchev–Trinajstić information content (AvgIpc) is 2.85. The Hall–Kier alpha value is -3.97. The average molecular weight is 441 g/mol. The maximum atomic E-state index is 13.5. The molecule has 2 heterocycles. The van der Waals surface area contributed by atoms with Crippen molar-refractivity contribution in [3.05, 3.63) is 88.2 Å². The van der Waals surface area contributed by atoms with Crippen molar-refractivity contribution in [1.29, 1.82) is 0 Å². The number of benzene rings is 3. The van der Waals surface area contributed by atoms with Gasteiger partial charge in [-0.25, -0.2) is 4.79 Å². The van der Waals surface area contributed by atoms with Crippen LogP contribution in [0.25, 0.3) is 27.7 Å². The standard InChI is InChI=1S/C26H23N3O4/c1-17-9-10-20(28-11-13-33-14-12-28)16-23(17)29-25(30)22-8-3-2-7-21(22)24(27-29)18-5-4-6-19(15-18)26(31)32/h2-10,15-16H,11-14H2,1H3,(H,31,32). The quantitative estimate of drug-likeness (QED) is 0.517. The van der Waals surface area contributed by atoms with Crippen LogP contribution in [-0.2, 0) is 4.74 Å². The molecule has 1 aromatic heterocycles. The van der Waals surface area contributed by atoms with Crippen LogP contribution in [0.1, 0.15) is 15.9 Å². The summed E-state index contributed by atoms with van der Waals surface area (Å²) in [5.41, 5.74) is 3.78. The van der Waals surface area contributed by atoms with Gasteiger partial charge in [-0.05, 0) is 42.8 Å². The van der Waals surface area contributed by atoms with E-state index in [2.05, 4.69) is 4.90 Å². The van der Waals surface area contributed by atoms with Gasteiger partial charge < -0.3 is 14.7 Å². The summed E-state index contributed by atoms with van der Waals surface area (Å²) in [5, 5.41) is 15.4. The number of carboxylic acids is 1. The Morgan fingerprint density at radius 1 is 0.970 bits per heavy atom. The summed E-state index contributed by atoms with van der Waals surface area (Å²) in [6.07, 6.45) is 0. The number of fused-ring (bicyclic) bond motifs is 1. The first-order chi connectivity index (χ1) is 16.0. The first-order valence-corrected chi connectivity index (χ1v) is 10.8. The number of carbonyl (C=O) groups is 1. The molecule has 0 bridgehead atoms. The number of carboxylic acid groups (broad SMARTS) is 1. The number of ether oxygens (including phenoxy) is 1. The molecule has 3 aromatic carbocycles. The molecule has 0 saturated carbocycles. The van der Waals surface area contributed by atoms with Crippen molar-refractivity contribution in [1.82, 2.24) is 9.78 Å². The summed E-state index contributed by atoms with van der Waals surface area (Å²) in [6.45, 7) is 4.86. The second-order valence-electron chi connectivity index (χ2n) is 8.07. The van der Waals surface area contributed by atoms with E-state index in [4.69, 9.17) is 9.84 Å². The Kier molecular flexibility index (Phi) is 5.40. The fourth-order valence-electron chi connectivity index (χ4n) is 4.21. The van der Waals surface area contributed by atoms with Gasteiger partial charge in [0.05, 0.1) is 35.5 Å². The van der Waals surface area contributed by atoms with Crippen molar-refractivity contribution in [2.45, 2.75) is 6.92 Å². The monoisotopic (exact) mass is 441 g/mol. The number of aromatic carboxylic acids is 1. The highest BCUT2D eigenvalue weighted by atomic mass is 16.5. The van der Waals surface area contributed by atoms with Gasteiger partial charge >= 0.3 is 5.97 Å². The first kappa shape index (κ1) is 20.9. The highest BCUT2D eigenvalue weighted by Gasteiger charge is 2.18. The van der Waals surface area contributed by atoms with E-state index in [1.807, 2.05) is 49.4 Å². The molecule has 166 valence electrons. The predicted molar refractivity (Wildman–Crippen MR) is 128 cm³/mol. The minimum absolute atomic E-state index is 0.168. The topological polar surface area (TPSA) is 84.7 Å². The summed E-state index contributed by atoms with van der Waals surface area (Å²) < 4.78 is 6.90. The molecule has 0 amide bonds. The number of rotatable bonds is 4. The van der Waals surface area contributed by atoms with Gasteiger partial charge in [0, 0.05) is 29.7 Å². The summed E-state index contributed by atoms with van der Waals surface area (Å²) in [5.74, 6) is -1.01. The second kappa shape index (κ2) is 8.52. The molecule has 33 heavy (non-hydrogen) atoms. The lowest BCUT2D eigenvalue weighted by Crippen LogP contribution is -2.36. The van der Waals surface area contributed by atoms with Gasteiger partial charge in [-0.1, -0.05) is 36.4 Å². The van der Waals surface area contributed by atoms with Gasteiger partial charge in [-0.15, -0.1) is 0 Å². The lowest BCUT2D eigenvalue weighted by Gasteiger charge is -2.29. The number of aryl methyl sites for hydroxylation is 1. The molecule has 5 rings (SSSR count). The van der Waals surface area contributed by atoms with E-state index in [0.29, 0.717) is 40.9 Å². The molecular weight excluding hydrogens is 418 g/mol. The number of nitrogens with zero attached hydrogens (tertiary/aromatic N) is 3. The summed E-state index contributed by atoms with van der Waals surface area (Å²) >= 11 is 0. The lowest BCUT2D eigenvalue weighted by atomic mass is 10.0. The minimum Gasteiger partial charge on any atom is -0.478 e. The van der Waals surface area contributed by atoms with Crippen LogP contribution in [0.2, 0.25) is 0 Å². The Bertz CT molecular complexity index is 1420. The highest BCUT2D eigenvalue weighted by Crippen LogP contribution is 2.28. The van der Waals surface area contributed by atoms with Crippen LogP contribution >= 0.6 is 0 Å². The second-order valence-corrected chi connectivity index (χ2v) is 8.07. The van der Waals surface area contributed by atoms with Gasteiger partial charge in [0.25, 0.3) is 5.56 Å². The molecule has 0 aliphatic carbocycles. The number of aromatic nitrogens is 2. The molecule has 0 atom stereocenters. The van der Waals surface area contributed by atoms with Gasteiger partial charge in [0.1, 0.15) is 0 Å². The number of anilines is 1. The Morgan fingerprint density at radius 2 is 1.73 bits per heavy atom. The number of hydrogen-bond donors (Lipinski definition) is 1. The summed E-state index contributed by atoms with van der Waals surface area (Å²) in [4.78, 5) is 27.3. The van der Waals surface area contributed by atoms with E-state index < -0.39 is 5.97 Å². The molecule has 4 aromatic rings. The van der Waals surface area contributed by atoms with Gasteiger partial charge in [-0.2, -0.15) is 9.78 Å². The van der Waals surface area contributed by atoms with Crippen LogP contribution < -0.4 is 10.5 Å². The zero-order chi connectivity index (χ0) is 22.9. The Balaban J connectivity index is 1.74. The molecule has 0 spiro atoms. The van der Waals surface area contributed by atoms with Crippen LogP contribution in [-0.4, -0.2) is 47.2 Å². The lowest BCUT2D eigenvalue weighted by molar-refractivity contribution is 0.0697. The van der Waals surface area contributed by atoms with Crippen LogP contribution in [0.3, 0.4) is 0 Å². The maximum Gasteiger partial charge on any atom is 0.335 e. The zero-order valence-electron chi connectivity index (χ0n) is 18.2. The van der Waals surface area contributed by atoms with Gasteiger partial charge in [0.15, 0.2) is 0 Å². The highest BCUT2D eigenvalue weighted by molar-refractivity contribution is 5.96. The fraction of sp³-hybridized carbons (Fsp3) is 0.192. The van der Waals surface area contributed by atoms with Crippen molar-refractivity contribution in [2.24, 2.45) is 0 Å². The van der Waals surface area contributed by atoms with Crippen molar-refractivity contribution in [3.63, 3.8) is 0 Å². The third kappa shape index (κ3) is 3.87. The molecule has 1 aliphatic heterocycles. The Morgan fingerprint density at radius 3 is 2.48 bits per heavy atom. The van der Waals surface area contributed by atoms with Crippen molar-refractivity contribution >= 4 is 22.4 Å². The smallest absolute Gasteiger partial charge is 0.335 e. The fourth-order valence-corrected chi connectivity index (χ4v) is 4.21. The number of morpholine rings is 1.